The normalized spacial score (nSPS) is 11.2. The van der Waals surface area contributed by atoms with E-state index >= 15 is 0 Å². The van der Waals surface area contributed by atoms with Crippen LogP contribution in [-0.2, 0) is 4.79 Å². The number of benzene rings is 3. The molecule has 6 aromatic rings. The third-order valence-corrected chi connectivity index (χ3v) is 7.37. The predicted molar refractivity (Wildman–Crippen MR) is 165 cm³/mol. The van der Waals surface area contributed by atoms with E-state index in [0.29, 0.717) is 21.7 Å². The van der Waals surface area contributed by atoms with E-state index in [2.05, 4.69) is 25.7 Å². The summed E-state index contributed by atoms with van der Waals surface area (Å²) < 4.78 is 3.70. The molecule has 0 bridgehead atoms. The standard InChI is InChI=1S/C31H23ClN8OS/c32-25-13-11-22(12-14-25)29-24(20-39(38-29)26-7-3-1-4-8-26)19-34-35-28(41)21-42-31-37-36-30(23-15-17-33-18-16-23)40(31)27-9-5-2-6-10-27/h1-20H,21H2,(H,35,41). The molecule has 9 nitrogen and oxygen atoms in total. The van der Waals surface area contributed by atoms with Crippen LogP contribution in [0.2, 0.25) is 5.02 Å². The van der Waals surface area contributed by atoms with Crippen molar-refractivity contribution in [3.05, 3.63) is 126 Å². The monoisotopic (exact) mass is 590 g/mol. The van der Waals surface area contributed by atoms with Crippen molar-refractivity contribution < 1.29 is 4.79 Å². The van der Waals surface area contributed by atoms with Gasteiger partial charge in [0.25, 0.3) is 5.91 Å². The smallest absolute Gasteiger partial charge is 0.250 e. The molecule has 0 unspecified atom stereocenters. The Morgan fingerprint density at radius 3 is 2.26 bits per heavy atom. The van der Waals surface area contributed by atoms with Crippen LogP contribution in [0.25, 0.3) is 34.0 Å². The molecule has 0 aliphatic heterocycles. The van der Waals surface area contributed by atoms with Crippen LogP contribution in [0.3, 0.4) is 0 Å². The number of rotatable bonds is 9. The minimum absolute atomic E-state index is 0.0893. The molecule has 0 saturated heterocycles. The number of thioether (sulfide) groups is 1. The van der Waals surface area contributed by atoms with E-state index in [1.54, 1.807) is 23.3 Å². The molecule has 1 amide bonds. The van der Waals surface area contributed by atoms with Gasteiger partial charge in [-0.15, -0.1) is 10.2 Å². The van der Waals surface area contributed by atoms with Crippen molar-refractivity contribution >= 4 is 35.5 Å². The molecule has 0 aliphatic carbocycles. The van der Waals surface area contributed by atoms with E-state index in [4.69, 9.17) is 16.7 Å². The molecule has 206 valence electrons. The second-order valence-electron chi connectivity index (χ2n) is 9.01. The zero-order chi connectivity index (χ0) is 28.7. The Morgan fingerprint density at radius 1 is 0.857 bits per heavy atom. The number of nitrogens with zero attached hydrogens (tertiary/aromatic N) is 7. The lowest BCUT2D eigenvalue weighted by molar-refractivity contribution is -0.118. The van der Waals surface area contributed by atoms with E-state index in [-0.39, 0.29) is 11.7 Å². The molecule has 3 aromatic heterocycles. The highest BCUT2D eigenvalue weighted by atomic mass is 35.5. The van der Waals surface area contributed by atoms with Gasteiger partial charge in [-0.1, -0.05) is 71.9 Å². The summed E-state index contributed by atoms with van der Waals surface area (Å²) in [6.45, 7) is 0. The summed E-state index contributed by atoms with van der Waals surface area (Å²) in [7, 11) is 0. The SMILES string of the molecule is O=C(CSc1nnc(-c2ccncc2)n1-c1ccccc1)NN=Cc1cn(-c2ccccc2)nc1-c1ccc(Cl)cc1. The van der Waals surface area contributed by atoms with Crippen molar-refractivity contribution in [3.8, 4) is 34.0 Å². The summed E-state index contributed by atoms with van der Waals surface area (Å²) in [6.07, 6.45) is 6.87. The quantitative estimate of drug-likeness (QED) is 0.124. The second-order valence-corrected chi connectivity index (χ2v) is 10.4. The summed E-state index contributed by atoms with van der Waals surface area (Å²) in [5.41, 5.74) is 7.61. The Kier molecular flexibility index (Phi) is 8.16. The van der Waals surface area contributed by atoms with E-state index in [9.17, 15) is 4.79 Å². The summed E-state index contributed by atoms with van der Waals surface area (Å²) in [5, 5.41) is 19.0. The fraction of sp³-hybridized carbons (Fsp3) is 0.0323. The number of aromatic nitrogens is 6. The van der Waals surface area contributed by atoms with Gasteiger partial charge in [0.05, 0.1) is 17.7 Å². The number of carbonyl (C=O) groups excluding carboxylic acids is 1. The van der Waals surface area contributed by atoms with Crippen LogP contribution in [0.15, 0.2) is 126 Å². The minimum atomic E-state index is -0.284. The van der Waals surface area contributed by atoms with Crippen molar-refractivity contribution in [2.45, 2.75) is 5.16 Å². The van der Waals surface area contributed by atoms with Crippen LogP contribution in [0.5, 0.6) is 0 Å². The van der Waals surface area contributed by atoms with Gasteiger partial charge < -0.3 is 0 Å². The van der Waals surface area contributed by atoms with Crippen molar-refractivity contribution in [3.63, 3.8) is 0 Å². The number of hydrazone groups is 1. The first-order valence-corrected chi connectivity index (χ1v) is 14.3. The molecule has 11 heteroatoms. The van der Waals surface area contributed by atoms with Crippen molar-refractivity contribution in [2.75, 3.05) is 5.75 Å². The Labute approximate surface area is 250 Å². The number of para-hydroxylation sites is 2. The third-order valence-electron chi connectivity index (χ3n) is 6.19. The van der Waals surface area contributed by atoms with E-state index in [1.165, 1.54) is 11.8 Å². The zero-order valence-electron chi connectivity index (χ0n) is 22.1. The van der Waals surface area contributed by atoms with Crippen LogP contribution < -0.4 is 5.43 Å². The van der Waals surface area contributed by atoms with Gasteiger partial charge in [-0.3, -0.25) is 14.3 Å². The van der Waals surface area contributed by atoms with Crippen molar-refractivity contribution in [1.29, 1.82) is 0 Å². The van der Waals surface area contributed by atoms with Gasteiger partial charge in [0, 0.05) is 46.0 Å². The van der Waals surface area contributed by atoms with Gasteiger partial charge in [0.2, 0.25) is 0 Å². The van der Waals surface area contributed by atoms with E-state index in [0.717, 1.165) is 28.1 Å². The Bertz CT molecular complexity index is 1820. The molecule has 3 heterocycles. The molecule has 1 N–H and O–H groups in total. The maximum Gasteiger partial charge on any atom is 0.250 e. The van der Waals surface area contributed by atoms with Gasteiger partial charge >= 0.3 is 0 Å². The lowest BCUT2D eigenvalue weighted by Gasteiger charge is -2.10. The number of pyridine rings is 1. The molecule has 6 rings (SSSR count). The highest BCUT2D eigenvalue weighted by Crippen LogP contribution is 2.28. The predicted octanol–water partition coefficient (Wildman–Crippen LogP) is 6.08. The largest absolute Gasteiger partial charge is 0.272 e. The first kappa shape index (κ1) is 27.1. The number of amides is 1. The van der Waals surface area contributed by atoms with Crippen molar-refractivity contribution in [2.24, 2.45) is 5.10 Å². The molecular formula is C31H23ClN8OS. The topological polar surface area (TPSA) is 103 Å². The lowest BCUT2D eigenvalue weighted by Crippen LogP contribution is -2.20. The fourth-order valence-electron chi connectivity index (χ4n) is 4.22. The Balaban J connectivity index is 1.19. The minimum Gasteiger partial charge on any atom is -0.272 e. The summed E-state index contributed by atoms with van der Waals surface area (Å²) in [5.74, 6) is 0.467. The number of hydrogen-bond donors (Lipinski definition) is 1. The van der Waals surface area contributed by atoms with Crippen LogP contribution >= 0.6 is 23.4 Å². The van der Waals surface area contributed by atoms with Crippen LogP contribution in [0.4, 0.5) is 0 Å². The summed E-state index contributed by atoms with van der Waals surface area (Å²) in [4.78, 5) is 16.9. The maximum absolute atomic E-state index is 12.8. The molecule has 0 aliphatic rings. The lowest BCUT2D eigenvalue weighted by atomic mass is 10.1. The van der Waals surface area contributed by atoms with Gasteiger partial charge in [0.1, 0.15) is 5.69 Å². The van der Waals surface area contributed by atoms with Crippen LogP contribution in [-0.4, -0.2) is 47.4 Å². The fourth-order valence-corrected chi connectivity index (χ4v) is 5.09. The molecule has 0 radical (unpaired) electrons. The van der Waals surface area contributed by atoms with Crippen LogP contribution in [0.1, 0.15) is 5.56 Å². The highest BCUT2D eigenvalue weighted by Gasteiger charge is 2.17. The van der Waals surface area contributed by atoms with Gasteiger partial charge in [-0.2, -0.15) is 10.2 Å². The molecule has 0 saturated carbocycles. The molecule has 0 atom stereocenters. The van der Waals surface area contributed by atoms with Gasteiger partial charge in [-0.25, -0.2) is 10.1 Å². The summed E-state index contributed by atoms with van der Waals surface area (Å²) >= 11 is 7.37. The van der Waals surface area contributed by atoms with Crippen LogP contribution in [0, 0.1) is 0 Å². The number of carbonyl (C=O) groups is 1. The van der Waals surface area contributed by atoms with Gasteiger partial charge in [-0.05, 0) is 48.5 Å². The molecule has 0 spiro atoms. The number of halogens is 1. The average Bonchev–Trinajstić information content (AvgIpc) is 3.67. The molecular weight excluding hydrogens is 568 g/mol. The first-order valence-electron chi connectivity index (χ1n) is 12.9. The molecule has 42 heavy (non-hydrogen) atoms. The maximum atomic E-state index is 12.8. The van der Waals surface area contributed by atoms with Gasteiger partial charge in [0.15, 0.2) is 11.0 Å². The highest BCUT2D eigenvalue weighted by molar-refractivity contribution is 7.99. The molecule has 3 aromatic carbocycles. The second kappa shape index (κ2) is 12.6. The third kappa shape index (κ3) is 6.14. The zero-order valence-corrected chi connectivity index (χ0v) is 23.7. The Morgan fingerprint density at radius 2 is 1.55 bits per heavy atom. The number of nitrogens with one attached hydrogen (secondary N) is 1. The average molecular weight is 591 g/mol. The van der Waals surface area contributed by atoms with E-state index < -0.39 is 0 Å². The van der Waals surface area contributed by atoms with Crippen molar-refractivity contribution in [1.82, 2.24) is 35.0 Å². The Hall–Kier alpha value is -5.06. The van der Waals surface area contributed by atoms with E-state index in [1.807, 2.05) is 108 Å². The molecule has 0 fully saturated rings. The summed E-state index contributed by atoms with van der Waals surface area (Å²) in [6, 6.07) is 30.7. The number of hydrogen-bond acceptors (Lipinski definition) is 7. The first-order chi connectivity index (χ1) is 20.7.